The molecule has 0 saturated heterocycles. The maximum atomic E-state index is 9.35. The Hall–Kier alpha value is 1.52. The third kappa shape index (κ3) is 43.5. The average Bonchev–Trinajstić information content (AvgIpc) is 1.38. The fraction of sp³-hybridized carbons (Fsp3) is 0.500. The van der Waals surface area contributed by atoms with Gasteiger partial charge >= 0.3 is 46.3 Å². The molecule has 0 heterocycles. The minimum atomic E-state index is -0.718. The van der Waals surface area contributed by atoms with Crippen LogP contribution in [0.3, 0.4) is 0 Å². The molecule has 0 saturated carbocycles. The maximum absolute atomic E-state index is 9.35. The number of hydrogen-bond donors (Lipinski definition) is 2. The van der Waals surface area contributed by atoms with E-state index in [2.05, 4.69) is 5.73 Å². The maximum Gasteiger partial charge on any atom is 2.00 e. The van der Waals surface area contributed by atoms with Gasteiger partial charge in [-0.25, -0.2) is 0 Å². The molecule has 3 nitrogen and oxygen atoms in total. The summed E-state index contributed by atoms with van der Waals surface area (Å²) in [6.07, 6.45) is 0. The van der Waals surface area contributed by atoms with Gasteiger partial charge in [-0.05, 0) is 5.90 Å². The molecule has 7 heteroatoms. The third-order valence-electron chi connectivity index (χ3n) is 0.185. The molecule has 0 aliphatic carbocycles. The van der Waals surface area contributed by atoms with Gasteiger partial charge in [0, 0.05) is 6.54 Å². The van der Waals surface area contributed by atoms with Crippen LogP contribution in [0.15, 0.2) is 0 Å². The van der Waals surface area contributed by atoms with Gasteiger partial charge < -0.3 is 41.1 Å². The van der Waals surface area contributed by atoms with Crippen LogP contribution in [-0.2, 0) is 16.8 Å². The zero-order valence-corrected chi connectivity index (χ0v) is 9.33. The Balaban J connectivity index is -0.0000000133. The van der Waals surface area contributed by atoms with Crippen LogP contribution in [0.5, 0.6) is 0 Å². The second-order valence-electron chi connectivity index (χ2n) is 0.627. The van der Waals surface area contributed by atoms with Gasteiger partial charge in [0.25, 0.3) is 0 Å². The van der Waals surface area contributed by atoms with Crippen molar-refractivity contribution in [2.45, 2.75) is 0 Å². The van der Waals surface area contributed by atoms with Crippen molar-refractivity contribution in [3.8, 4) is 0 Å². The van der Waals surface area contributed by atoms with Gasteiger partial charge in [-0.3, -0.25) is 0 Å². The Bertz CT molecular complexity index is 57.8. The first-order valence-corrected chi connectivity index (χ1v) is 1.22. The summed E-state index contributed by atoms with van der Waals surface area (Å²) < 4.78 is 0. The summed E-state index contributed by atoms with van der Waals surface area (Å²) in [5, 5.41) is 15.4. The van der Waals surface area contributed by atoms with Crippen LogP contribution >= 0.6 is 0 Å². The molecule has 1 radical (unpaired) electrons. The van der Waals surface area contributed by atoms with Crippen molar-refractivity contribution in [2.75, 3.05) is 6.54 Å². The predicted octanol–water partition coefficient (Wildman–Crippen LogP) is -10.7. The van der Waals surface area contributed by atoms with E-state index >= 15 is 0 Å². The van der Waals surface area contributed by atoms with E-state index in [0.29, 0.717) is 0 Å². The Morgan fingerprint density at radius 1 is 1.44 bits per heavy atom. The van der Waals surface area contributed by atoms with Crippen molar-refractivity contribution in [3.05, 3.63) is 0 Å². The van der Waals surface area contributed by atoms with Crippen molar-refractivity contribution in [1.29, 1.82) is 5.41 Å². The number of rotatable bonds is 1. The summed E-state index contributed by atoms with van der Waals surface area (Å²) >= 11 is 0. The van der Waals surface area contributed by atoms with Gasteiger partial charge in [0.05, 0.1) is 0 Å². The summed E-state index contributed by atoms with van der Waals surface area (Å²) in [7, 11) is 0. The Labute approximate surface area is 99.0 Å². The third-order valence-corrected chi connectivity index (χ3v) is 0.185. The van der Waals surface area contributed by atoms with E-state index in [1.54, 1.807) is 0 Å². The van der Waals surface area contributed by atoms with Gasteiger partial charge in [-0.2, -0.15) is 0 Å². The molecule has 0 bridgehead atoms. The minimum Gasteiger partial charge on any atom is -1.00 e. The van der Waals surface area contributed by atoms with Gasteiger partial charge in [-0.15, -0.1) is 0 Å². The van der Waals surface area contributed by atoms with E-state index < -0.39 is 5.90 Å². The molecule has 9 heavy (non-hydrogen) atoms. The topological polar surface area (TPSA) is 72.9 Å². The smallest absolute Gasteiger partial charge is 1.00 e. The molecule has 0 amide bonds. The zero-order chi connectivity index (χ0) is 4.28. The second-order valence-corrected chi connectivity index (χ2v) is 0.627. The first-order valence-electron chi connectivity index (χ1n) is 1.22. The molecule has 0 unspecified atom stereocenters. The monoisotopic (exact) mass is 225 g/mol. The van der Waals surface area contributed by atoms with Crippen molar-refractivity contribution >= 4 is 5.90 Å². The summed E-state index contributed by atoms with van der Waals surface area (Å²) in [6, 6.07) is 0. The van der Waals surface area contributed by atoms with E-state index in [1.165, 1.54) is 0 Å². The summed E-state index contributed by atoms with van der Waals surface area (Å²) in [4.78, 5) is 0. The second kappa shape index (κ2) is 22.7. The molecule has 0 atom stereocenters. The van der Waals surface area contributed by atoms with Crippen LogP contribution in [0.4, 0.5) is 0 Å². The molecule has 3 N–H and O–H groups in total. The van der Waals surface area contributed by atoms with E-state index in [0.717, 1.165) is 0 Å². The predicted molar refractivity (Wildman–Crippen MR) is 16.8 cm³/mol. The molecular formula is C2H5Cl2CoN2NaO. The standard InChI is InChI=1S/C2H6N2O.2ClH.Co.Na/c3-1-2(4)5;;;;/h1,3H2,(H2,4,5);2*1H;;/q;;;+2;+1/p-3. The average molecular weight is 226 g/mol. The first kappa shape index (κ1) is 31.3. The van der Waals surface area contributed by atoms with Crippen molar-refractivity contribution in [1.82, 2.24) is 0 Å². The van der Waals surface area contributed by atoms with E-state index in [-0.39, 0.29) is 77.7 Å². The fourth-order valence-corrected chi connectivity index (χ4v) is 0. The Morgan fingerprint density at radius 3 is 1.56 bits per heavy atom. The Morgan fingerprint density at radius 2 is 1.56 bits per heavy atom. The molecule has 0 aromatic carbocycles. The first-order chi connectivity index (χ1) is 2.27. The molecule has 0 aromatic heterocycles. The molecule has 0 spiro atoms. The molecule has 0 aliphatic heterocycles. The van der Waals surface area contributed by atoms with Crippen molar-refractivity contribution < 1.29 is 76.3 Å². The van der Waals surface area contributed by atoms with Crippen LogP contribution in [0.25, 0.3) is 0 Å². The number of nitrogens with two attached hydrogens (primary N) is 1. The molecule has 0 rings (SSSR count). The van der Waals surface area contributed by atoms with Crippen LogP contribution in [0.2, 0.25) is 0 Å². The number of halogens is 2. The Kier molecular flexibility index (Phi) is 78.9. The van der Waals surface area contributed by atoms with Crippen LogP contribution in [-0.4, -0.2) is 12.4 Å². The fourth-order valence-electron chi connectivity index (χ4n) is 0. The normalized spacial score (nSPS) is 4.11. The van der Waals surface area contributed by atoms with E-state index in [9.17, 15) is 5.11 Å². The summed E-state index contributed by atoms with van der Waals surface area (Å²) in [5.41, 5.74) is 4.63. The quantitative estimate of drug-likeness (QED) is 0.264. The van der Waals surface area contributed by atoms with Crippen molar-refractivity contribution in [3.63, 3.8) is 0 Å². The van der Waals surface area contributed by atoms with Crippen LogP contribution < -0.4 is 65.2 Å². The molecule has 0 aliphatic rings. The van der Waals surface area contributed by atoms with Gasteiger partial charge in [0.1, 0.15) is 0 Å². The van der Waals surface area contributed by atoms with Gasteiger partial charge in [0.15, 0.2) is 0 Å². The van der Waals surface area contributed by atoms with Crippen molar-refractivity contribution in [2.24, 2.45) is 5.73 Å². The number of nitrogens with one attached hydrogen (secondary N) is 1. The molecule has 53 valence electrons. The zero-order valence-electron chi connectivity index (χ0n) is 4.78. The SMILES string of the molecule is N=C([O-])CN.[Cl-].[Cl-].[Co+2].[Na+]. The van der Waals surface area contributed by atoms with E-state index in [4.69, 9.17) is 5.41 Å². The van der Waals surface area contributed by atoms with E-state index in [1.807, 2.05) is 0 Å². The van der Waals surface area contributed by atoms with Crippen LogP contribution in [0.1, 0.15) is 0 Å². The largest absolute Gasteiger partial charge is 2.00 e. The van der Waals surface area contributed by atoms with Gasteiger partial charge in [-0.1, -0.05) is 0 Å². The number of hydrogen-bond acceptors (Lipinski definition) is 3. The molecular weight excluding hydrogens is 221 g/mol. The summed E-state index contributed by atoms with van der Waals surface area (Å²) in [6.45, 7) is -0.167. The van der Waals surface area contributed by atoms with Gasteiger partial charge in [0.2, 0.25) is 0 Å². The molecule has 0 aromatic rings. The molecule has 0 fully saturated rings. The van der Waals surface area contributed by atoms with Crippen LogP contribution in [0, 0.1) is 5.41 Å². The minimum absolute atomic E-state index is 0. The summed E-state index contributed by atoms with van der Waals surface area (Å²) in [5.74, 6) is -0.718.